The van der Waals surface area contributed by atoms with Crippen molar-refractivity contribution in [2.45, 2.75) is 25.7 Å². The van der Waals surface area contributed by atoms with Gasteiger partial charge in [-0.25, -0.2) is 0 Å². The van der Waals surface area contributed by atoms with Crippen molar-refractivity contribution in [3.63, 3.8) is 0 Å². The van der Waals surface area contributed by atoms with Gasteiger partial charge in [-0.3, -0.25) is 4.57 Å². The van der Waals surface area contributed by atoms with Gasteiger partial charge in [-0.1, -0.05) is 0 Å². The van der Waals surface area contributed by atoms with E-state index in [9.17, 15) is 10.1 Å². The van der Waals surface area contributed by atoms with Gasteiger partial charge in [0.05, 0.1) is 6.61 Å². The van der Waals surface area contributed by atoms with Gasteiger partial charge >= 0.3 is 5.82 Å². The highest BCUT2D eigenvalue weighted by atomic mass is 16.7. The molecule has 8 heteroatoms. The molecule has 100 valence electrons. The summed E-state index contributed by atoms with van der Waals surface area (Å²) in [5, 5.41) is 13.7. The Morgan fingerprint density at radius 2 is 2.44 bits per heavy atom. The van der Waals surface area contributed by atoms with Crippen molar-refractivity contribution in [2.75, 3.05) is 18.5 Å². The second-order valence-corrected chi connectivity index (χ2v) is 4.62. The molecule has 1 fully saturated rings. The zero-order valence-corrected chi connectivity index (χ0v) is 10.5. The van der Waals surface area contributed by atoms with E-state index in [-0.39, 0.29) is 11.9 Å². The van der Waals surface area contributed by atoms with Crippen LogP contribution in [0.5, 0.6) is 0 Å². The Kier molecular flexibility index (Phi) is 3.22. The molecular weight excluding hydrogens is 240 g/mol. The molecule has 1 aliphatic rings. The first kappa shape index (κ1) is 12.8. The third kappa shape index (κ3) is 2.59. The van der Waals surface area contributed by atoms with Crippen LogP contribution in [-0.2, 0) is 16.5 Å². The number of imidazole rings is 1. The number of ether oxygens (including phenoxy) is 2. The molecule has 2 rings (SSSR count). The highest BCUT2D eigenvalue weighted by molar-refractivity contribution is 5.52. The number of rotatable bonds is 4. The molecule has 0 aromatic carbocycles. The van der Waals surface area contributed by atoms with Gasteiger partial charge in [0.1, 0.15) is 6.10 Å². The maximum atomic E-state index is 10.8. The first-order valence-electron chi connectivity index (χ1n) is 5.60. The Morgan fingerprint density at radius 1 is 1.72 bits per heavy atom. The summed E-state index contributed by atoms with van der Waals surface area (Å²) in [6.07, 6.45) is 1.27. The van der Waals surface area contributed by atoms with Crippen molar-refractivity contribution >= 4 is 11.6 Å². The van der Waals surface area contributed by atoms with Crippen LogP contribution >= 0.6 is 0 Å². The van der Waals surface area contributed by atoms with Gasteiger partial charge in [0.2, 0.25) is 12.1 Å². The highest BCUT2D eigenvalue weighted by Crippen LogP contribution is 2.24. The van der Waals surface area contributed by atoms with E-state index in [2.05, 4.69) is 10.3 Å². The zero-order chi connectivity index (χ0) is 13.3. The monoisotopic (exact) mass is 256 g/mol. The SMILES string of the molecule is Cn1cnc([N+](=O)[O-])c1NCC1COC(C)(C)O1. The lowest BCUT2D eigenvalue weighted by molar-refractivity contribution is -0.388. The topological polar surface area (TPSA) is 91.5 Å². The van der Waals surface area contributed by atoms with E-state index >= 15 is 0 Å². The van der Waals surface area contributed by atoms with Crippen LogP contribution in [-0.4, -0.2) is 39.5 Å². The molecule has 1 unspecified atom stereocenters. The van der Waals surface area contributed by atoms with Crippen molar-refractivity contribution in [2.24, 2.45) is 7.05 Å². The normalized spacial score (nSPS) is 22.1. The maximum Gasteiger partial charge on any atom is 0.406 e. The Balaban J connectivity index is 1.99. The molecule has 0 spiro atoms. The second kappa shape index (κ2) is 4.54. The molecule has 1 atom stereocenters. The lowest BCUT2D eigenvalue weighted by Crippen LogP contribution is -2.26. The Bertz CT molecular complexity index is 457. The summed E-state index contributed by atoms with van der Waals surface area (Å²) in [5.74, 6) is -0.408. The van der Waals surface area contributed by atoms with Gasteiger partial charge in [0, 0.05) is 13.6 Å². The first-order valence-corrected chi connectivity index (χ1v) is 5.60. The lowest BCUT2D eigenvalue weighted by atomic mass is 10.3. The molecule has 8 nitrogen and oxygen atoms in total. The van der Waals surface area contributed by atoms with Gasteiger partial charge in [0.25, 0.3) is 0 Å². The molecule has 0 saturated carbocycles. The van der Waals surface area contributed by atoms with Crippen LogP contribution in [0.15, 0.2) is 6.33 Å². The molecule has 0 aliphatic carbocycles. The fraction of sp³-hybridized carbons (Fsp3) is 0.700. The van der Waals surface area contributed by atoms with E-state index < -0.39 is 10.7 Å². The molecule has 1 aliphatic heterocycles. The van der Waals surface area contributed by atoms with Gasteiger partial charge in [-0.15, -0.1) is 0 Å². The summed E-state index contributed by atoms with van der Waals surface area (Å²) in [6, 6.07) is 0. The highest BCUT2D eigenvalue weighted by Gasteiger charge is 2.33. The molecule has 1 aromatic heterocycles. The molecule has 0 radical (unpaired) electrons. The van der Waals surface area contributed by atoms with Gasteiger partial charge < -0.3 is 24.9 Å². The third-order valence-electron chi connectivity index (χ3n) is 2.66. The fourth-order valence-electron chi connectivity index (χ4n) is 1.83. The molecule has 2 heterocycles. The van der Waals surface area contributed by atoms with Gasteiger partial charge in [-0.05, 0) is 23.8 Å². The van der Waals surface area contributed by atoms with E-state index in [4.69, 9.17) is 9.47 Å². The number of nitrogens with zero attached hydrogens (tertiary/aromatic N) is 3. The summed E-state index contributed by atoms with van der Waals surface area (Å²) in [7, 11) is 1.69. The van der Waals surface area contributed by atoms with Crippen LogP contribution in [0, 0.1) is 10.1 Å². The van der Waals surface area contributed by atoms with E-state index in [1.807, 2.05) is 13.8 Å². The van der Waals surface area contributed by atoms with E-state index in [0.29, 0.717) is 19.0 Å². The number of anilines is 1. The summed E-state index contributed by atoms with van der Waals surface area (Å²) in [5.41, 5.74) is 0. The van der Waals surface area contributed by atoms with Crippen molar-refractivity contribution in [3.05, 3.63) is 16.4 Å². The number of aryl methyl sites for hydroxylation is 1. The standard InChI is InChI=1S/C10H16N4O4/c1-10(2)17-5-7(18-10)4-11-8-9(14(15)16)12-6-13(8)3/h6-7,11H,4-5H2,1-3H3. The second-order valence-electron chi connectivity index (χ2n) is 4.62. The molecule has 1 aromatic rings. The quantitative estimate of drug-likeness (QED) is 0.635. The molecule has 0 bridgehead atoms. The molecule has 1 N–H and O–H groups in total. The van der Waals surface area contributed by atoms with Crippen LogP contribution in [0.1, 0.15) is 13.8 Å². The Labute approximate surface area is 104 Å². The van der Waals surface area contributed by atoms with Crippen molar-refractivity contribution in [1.29, 1.82) is 0 Å². The average Bonchev–Trinajstić information content (AvgIpc) is 2.79. The van der Waals surface area contributed by atoms with Crippen molar-refractivity contribution in [1.82, 2.24) is 9.55 Å². The summed E-state index contributed by atoms with van der Waals surface area (Å²) >= 11 is 0. The van der Waals surface area contributed by atoms with Crippen LogP contribution in [0.4, 0.5) is 11.6 Å². The van der Waals surface area contributed by atoms with Crippen LogP contribution in [0.3, 0.4) is 0 Å². The minimum absolute atomic E-state index is 0.130. The number of aromatic nitrogens is 2. The van der Waals surface area contributed by atoms with Crippen molar-refractivity contribution in [3.8, 4) is 0 Å². The first-order chi connectivity index (χ1) is 8.39. The maximum absolute atomic E-state index is 10.8. The zero-order valence-electron chi connectivity index (χ0n) is 10.5. The average molecular weight is 256 g/mol. The van der Waals surface area contributed by atoms with Gasteiger partial charge in [-0.2, -0.15) is 0 Å². The third-order valence-corrected chi connectivity index (χ3v) is 2.66. The van der Waals surface area contributed by atoms with Crippen LogP contribution < -0.4 is 5.32 Å². The molecule has 18 heavy (non-hydrogen) atoms. The van der Waals surface area contributed by atoms with Crippen LogP contribution in [0.2, 0.25) is 0 Å². The minimum atomic E-state index is -0.593. The predicted molar refractivity (Wildman–Crippen MR) is 63.3 cm³/mol. The van der Waals surface area contributed by atoms with Crippen LogP contribution in [0.25, 0.3) is 0 Å². The van der Waals surface area contributed by atoms with E-state index in [1.165, 1.54) is 6.33 Å². The molecule has 1 saturated heterocycles. The molecular formula is C10H16N4O4. The fourth-order valence-corrected chi connectivity index (χ4v) is 1.83. The predicted octanol–water partition coefficient (Wildman–Crippen LogP) is 0.892. The smallest absolute Gasteiger partial charge is 0.362 e. The molecule has 0 amide bonds. The van der Waals surface area contributed by atoms with E-state index in [1.54, 1.807) is 11.6 Å². The summed E-state index contributed by atoms with van der Waals surface area (Å²) in [4.78, 5) is 14.0. The number of hydrogen-bond acceptors (Lipinski definition) is 6. The number of hydrogen-bond donors (Lipinski definition) is 1. The lowest BCUT2D eigenvalue weighted by Gasteiger charge is -2.17. The number of nitro groups is 1. The minimum Gasteiger partial charge on any atom is -0.362 e. The Morgan fingerprint density at radius 3 is 3.00 bits per heavy atom. The Hall–Kier alpha value is -1.67. The summed E-state index contributed by atoms with van der Waals surface area (Å²) < 4.78 is 12.6. The van der Waals surface area contributed by atoms with Gasteiger partial charge in [0.15, 0.2) is 5.79 Å². The van der Waals surface area contributed by atoms with E-state index in [0.717, 1.165) is 0 Å². The number of nitrogens with one attached hydrogen (secondary N) is 1. The summed E-state index contributed by atoms with van der Waals surface area (Å²) in [6.45, 7) is 4.56. The van der Waals surface area contributed by atoms with Crippen molar-refractivity contribution < 1.29 is 14.4 Å². The largest absolute Gasteiger partial charge is 0.406 e.